The maximum Gasteiger partial charge on any atom is 0.236 e. The summed E-state index contributed by atoms with van der Waals surface area (Å²) < 4.78 is 19.7. The van der Waals surface area contributed by atoms with E-state index in [0.29, 0.717) is 47.7 Å². The van der Waals surface area contributed by atoms with Crippen LogP contribution >= 0.6 is 0 Å². The van der Waals surface area contributed by atoms with Crippen molar-refractivity contribution in [2.24, 2.45) is 0 Å². The Morgan fingerprint density at radius 1 is 1.33 bits per heavy atom. The van der Waals surface area contributed by atoms with Gasteiger partial charge in [0.05, 0.1) is 25.3 Å². The Kier molecular flexibility index (Phi) is 5.51. The minimum absolute atomic E-state index is 0.0709. The number of nitriles is 1. The third-order valence-corrected chi connectivity index (χ3v) is 7.63. The van der Waals surface area contributed by atoms with Gasteiger partial charge in [-0.1, -0.05) is 6.08 Å². The van der Waals surface area contributed by atoms with Crippen LogP contribution in [0.15, 0.2) is 36.5 Å². The summed E-state index contributed by atoms with van der Waals surface area (Å²) >= 11 is 0. The molecule has 0 radical (unpaired) electrons. The van der Waals surface area contributed by atoms with E-state index in [1.807, 2.05) is 6.07 Å². The summed E-state index contributed by atoms with van der Waals surface area (Å²) in [6, 6.07) is 8.88. The number of aromatic nitrogens is 2. The van der Waals surface area contributed by atoms with Crippen molar-refractivity contribution in [2.45, 2.75) is 37.5 Å². The Balaban J connectivity index is 1.35. The van der Waals surface area contributed by atoms with Gasteiger partial charge < -0.3 is 19.7 Å². The Labute approximate surface area is 207 Å². The van der Waals surface area contributed by atoms with E-state index in [-0.39, 0.29) is 18.0 Å². The Morgan fingerprint density at radius 3 is 2.89 bits per heavy atom. The van der Waals surface area contributed by atoms with Crippen LogP contribution in [0.3, 0.4) is 0 Å². The van der Waals surface area contributed by atoms with E-state index in [2.05, 4.69) is 27.0 Å². The number of H-pyrrole nitrogens is 1. The van der Waals surface area contributed by atoms with E-state index in [4.69, 9.17) is 4.74 Å². The van der Waals surface area contributed by atoms with E-state index in [9.17, 15) is 19.6 Å². The number of benzene rings is 1. The number of methoxy groups -OCH3 is 1. The van der Waals surface area contributed by atoms with Crippen molar-refractivity contribution in [3.63, 3.8) is 0 Å². The summed E-state index contributed by atoms with van der Waals surface area (Å²) in [5, 5.41) is 20.0. The molecule has 2 saturated heterocycles. The monoisotopic (exact) mass is 487 g/mol. The zero-order valence-corrected chi connectivity index (χ0v) is 19.9. The quantitative estimate of drug-likeness (QED) is 0.573. The highest BCUT2D eigenvalue weighted by molar-refractivity contribution is 5.99. The van der Waals surface area contributed by atoms with E-state index in [0.717, 1.165) is 35.9 Å². The number of aromatic amines is 1. The zero-order valence-electron chi connectivity index (χ0n) is 19.9. The van der Waals surface area contributed by atoms with E-state index < -0.39 is 11.9 Å². The van der Waals surface area contributed by atoms with Crippen molar-refractivity contribution < 1.29 is 19.0 Å². The second-order valence-corrected chi connectivity index (χ2v) is 9.77. The molecule has 5 heterocycles. The minimum Gasteiger partial charge on any atom is -0.496 e. The second-order valence-electron chi connectivity index (χ2n) is 9.77. The average molecular weight is 488 g/mol. The number of carbonyl (C=O) groups excluding carboxylic acids is 1. The molecule has 2 fully saturated rings. The summed E-state index contributed by atoms with van der Waals surface area (Å²) in [4.78, 5) is 24.5. The first-order chi connectivity index (χ1) is 17.4. The van der Waals surface area contributed by atoms with Crippen LogP contribution in [0.4, 0.5) is 4.39 Å². The van der Waals surface area contributed by atoms with Crippen molar-refractivity contribution in [2.75, 3.05) is 26.7 Å². The summed E-state index contributed by atoms with van der Waals surface area (Å²) in [7, 11) is 1.52. The number of amides is 1. The summed E-state index contributed by atoms with van der Waals surface area (Å²) in [5.41, 5.74) is 4.12. The van der Waals surface area contributed by atoms with Crippen LogP contribution in [0.1, 0.15) is 30.5 Å². The number of aliphatic hydroxyl groups excluding tert-OH is 1. The molecule has 2 unspecified atom stereocenters. The average Bonchev–Trinajstić information content (AvgIpc) is 3.38. The summed E-state index contributed by atoms with van der Waals surface area (Å²) in [5.74, 6) is 0.138. The summed E-state index contributed by atoms with van der Waals surface area (Å²) in [6.07, 6.45) is 6.13. The predicted octanol–water partition coefficient (Wildman–Crippen LogP) is 3.07. The predicted molar refractivity (Wildman–Crippen MR) is 131 cm³/mol. The number of likely N-dealkylation sites (tertiary alicyclic amines) is 1. The van der Waals surface area contributed by atoms with Gasteiger partial charge in [0.2, 0.25) is 5.91 Å². The van der Waals surface area contributed by atoms with E-state index in [1.54, 1.807) is 11.0 Å². The maximum atomic E-state index is 14.2. The Bertz CT molecular complexity index is 1440. The lowest BCUT2D eigenvalue weighted by Crippen LogP contribution is -2.57. The van der Waals surface area contributed by atoms with Gasteiger partial charge in [-0.15, -0.1) is 0 Å². The molecule has 3 aliphatic heterocycles. The Morgan fingerprint density at radius 2 is 2.17 bits per heavy atom. The molecule has 0 spiro atoms. The summed E-state index contributed by atoms with van der Waals surface area (Å²) in [6.45, 7) is 1.22. The molecule has 0 saturated carbocycles. The topological polar surface area (TPSA) is 105 Å². The standard InChI is InChI=1S/C27H26FN5O3/c1-36-24-5-2-17(28)8-21(24)26-16(10-29)11-30-27-22(26)9-23(31-27)15-6-18-3-4-19(7-15)33(18)14-25(35)32-12-20(34)13-32/h2,5-6,8-9,11,18-20,34H,3-4,7,12-14H2,1H3,(H,30,31). The molecule has 9 heteroatoms. The molecule has 3 aromatic rings. The van der Waals surface area contributed by atoms with Gasteiger partial charge in [0.15, 0.2) is 0 Å². The molecule has 8 nitrogen and oxygen atoms in total. The van der Waals surface area contributed by atoms with Crippen LogP contribution in [-0.4, -0.2) is 75.7 Å². The molecule has 2 aromatic heterocycles. The number of rotatable bonds is 5. The largest absolute Gasteiger partial charge is 0.496 e. The lowest BCUT2D eigenvalue weighted by molar-refractivity contribution is -0.143. The van der Waals surface area contributed by atoms with Crippen molar-refractivity contribution in [1.29, 1.82) is 5.26 Å². The molecule has 1 amide bonds. The van der Waals surface area contributed by atoms with Crippen molar-refractivity contribution in [3.05, 3.63) is 53.6 Å². The number of halogens is 1. The highest BCUT2D eigenvalue weighted by Gasteiger charge is 2.40. The first kappa shape index (κ1) is 22.7. The Hall–Kier alpha value is -3.74. The fraction of sp³-hybridized carbons (Fsp3) is 0.370. The van der Waals surface area contributed by atoms with Gasteiger partial charge >= 0.3 is 0 Å². The van der Waals surface area contributed by atoms with Gasteiger partial charge in [-0.3, -0.25) is 9.69 Å². The number of carbonyl (C=O) groups is 1. The third kappa shape index (κ3) is 3.74. The number of aliphatic hydroxyl groups is 1. The van der Waals surface area contributed by atoms with Gasteiger partial charge in [-0.2, -0.15) is 5.26 Å². The number of hydrogen-bond donors (Lipinski definition) is 2. The van der Waals surface area contributed by atoms with E-state index in [1.165, 1.54) is 25.4 Å². The van der Waals surface area contributed by atoms with Crippen LogP contribution < -0.4 is 4.74 Å². The number of hydrogen-bond acceptors (Lipinski definition) is 6. The van der Waals surface area contributed by atoms with Gasteiger partial charge in [-0.05, 0) is 49.1 Å². The van der Waals surface area contributed by atoms with Crippen molar-refractivity contribution in [3.8, 4) is 22.9 Å². The van der Waals surface area contributed by atoms with Crippen LogP contribution in [0.2, 0.25) is 0 Å². The van der Waals surface area contributed by atoms with Gasteiger partial charge in [0, 0.05) is 53.6 Å². The smallest absolute Gasteiger partial charge is 0.236 e. The second kappa shape index (κ2) is 8.73. The normalized spacial score (nSPS) is 21.8. The number of β-amino-alcohol motifs (C(OH)–C–C–N with tert-alkyl or cyclic N) is 1. The fourth-order valence-electron chi connectivity index (χ4n) is 5.78. The lowest BCUT2D eigenvalue weighted by Gasteiger charge is -2.39. The zero-order chi connectivity index (χ0) is 25.0. The lowest BCUT2D eigenvalue weighted by atomic mass is 9.96. The molecular weight excluding hydrogens is 461 g/mol. The first-order valence-corrected chi connectivity index (χ1v) is 12.1. The highest BCUT2D eigenvalue weighted by atomic mass is 19.1. The van der Waals surface area contributed by atoms with Crippen molar-refractivity contribution in [1.82, 2.24) is 19.8 Å². The molecule has 2 bridgehead atoms. The van der Waals surface area contributed by atoms with Gasteiger partial charge in [-0.25, -0.2) is 9.37 Å². The van der Waals surface area contributed by atoms with Gasteiger partial charge in [0.25, 0.3) is 0 Å². The third-order valence-electron chi connectivity index (χ3n) is 7.63. The fourth-order valence-corrected chi connectivity index (χ4v) is 5.78. The minimum atomic E-state index is -0.413. The first-order valence-electron chi connectivity index (χ1n) is 12.1. The molecule has 0 aliphatic carbocycles. The van der Waals surface area contributed by atoms with Crippen LogP contribution in [-0.2, 0) is 4.79 Å². The SMILES string of the molecule is COc1ccc(F)cc1-c1c(C#N)cnc2[nH]c(C3=CC4CCC(C3)N4CC(=O)N3CC(O)C3)cc12. The molecule has 6 rings (SSSR count). The maximum absolute atomic E-state index is 14.2. The molecule has 3 aliphatic rings. The molecular formula is C27H26FN5O3. The highest BCUT2D eigenvalue weighted by Crippen LogP contribution is 2.41. The van der Waals surface area contributed by atoms with Crippen molar-refractivity contribution >= 4 is 22.5 Å². The van der Waals surface area contributed by atoms with Crippen LogP contribution in [0.5, 0.6) is 5.75 Å². The number of nitrogens with one attached hydrogen (secondary N) is 1. The molecule has 1 aromatic carbocycles. The molecule has 36 heavy (non-hydrogen) atoms. The number of ether oxygens (including phenoxy) is 1. The molecule has 184 valence electrons. The van der Waals surface area contributed by atoms with Crippen LogP contribution in [0.25, 0.3) is 27.7 Å². The van der Waals surface area contributed by atoms with Crippen LogP contribution in [0, 0.1) is 17.1 Å². The number of fused-ring (bicyclic) bond motifs is 3. The molecule has 2 N–H and O–H groups in total. The molecule has 2 atom stereocenters. The van der Waals surface area contributed by atoms with E-state index >= 15 is 0 Å². The number of nitrogens with zero attached hydrogens (tertiary/aromatic N) is 4. The van der Waals surface area contributed by atoms with Gasteiger partial charge in [0.1, 0.15) is 23.3 Å². The number of pyridine rings is 1.